The number of benzene rings is 1. The summed E-state index contributed by atoms with van der Waals surface area (Å²) in [6.07, 6.45) is -2.23. The molecule has 0 spiro atoms. The highest BCUT2D eigenvalue weighted by atomic mass is 19.4. The number of halogens is 3. The molecule has 0 bridgehead atoms. The summed E-state index contributed by atoms with van der Waals surface area (Å²) in [6, 6.07) is 4.82. The van der Waals surface area contributed by atoms with E-state index >= 15 is 0 Å². The first-order chi connectivity index (χ1) is 12.2. The summed E-state index contributed by atoms with van der Waals surface area (Å²) in [5.41, 5.74) is 1.25. The molecule has 1 unspecified atom stereocenters. The second kappa shape index (κ2) is 8.35. The quantitative estimate of drug-likeness (QED) is 0.659. The lowest BCUT2D eigenvalue weighted by atomic mass is 9.97. The van der Waals surface area contributed by atoms with Crippen molar-refractivity contribution in [2.75, 3.05) is 6.54 Å². The average molecular weight is 369 g/mol. The Morgan fingerprint density at radius 3 is 2.46 bits per heavy atom. The zero-order chi connectivity index (χ0) is 19.3. The predicted molar refractivity (Wildman–Crippen MR) is 91.3 cm³/mol. The Morgan fingerprint density at radius 2 is 1.92 bits per heavy atom. The van der Waals surface area contributed by atoms with Crippen molar-refractivity contribution in [3.8, 4) is 11.3 Å². The second-order valence-electron chi connectivity index (χ2n) is 6.64. The standard InChI is InChI=1S/C18H22F3N3O2/c1-11(2)7-13(17(25)26)8-22-9-14-10-23-24-16(14)12-3-5-15(6-4-12)18(19,20)21/h3-6,10-11,13,22H,7-9H2,1-2H3,(H,23,24)(H,25,26). The minimum Gasteiger partial charge on any atom is -0.481 e. The van der Waals surface area contributed by atoms with Crippen LogP contribution in [0.4, 0.5) is 13.2 Å². The van der Waals surface area contributed by atoms with Crippen molar-refractivity contribution in [2.45, 2.75) is 33.0 Å². The van der Waals surface area contributed by atoms with Crippen LogP contribution in [0.2, 0.25) is 0 Å². The first-order valence-electron chi connectivity index (χ1n) is 8.32. The van der Waals surface area contributed by atoms with Gasteiger partial charge >= 0.3 is 12.1 Å². The molecule has 0 aliphatic rings. The lowest BCUT2D eigenvalue weighted by molar-refractivity contribution is -0.142. The second-order valence-corrected chi connectivity index (χ2v) is 6.64. The van der Waals surface area contributed by atoms with Gasteiger partial charge in [0.15, 0.2) is 0 Å². The van der Waals surface area contributed by atoms with Crippen LogP contribution < -0.4 is 5.32 Å². The van der Waals surface area contributed by atoms with Gasteiger partial charge in [-0.2, -0.15) is 18.3 Å². The van der Waals surface area contributed by atoms with Crippen molar-refractivity contribution in [3.63, 3.8) is 0 Å². The van der Waals surface area contributed by atoms with Gasteiger partial charge in [0.1, 0.15) is 0 Å². The fourth-order valence-electron chi connectivity index (χ4n) is 2.74. The lowest BCUT2D eigenvalue weighted by Crippen LogP contribution is -2.29. The Hall–Kier alpha value is -2.35. The van der Waals surface area contributed by atoms with Crippen molar-refractivity contribution < 1.29 is 23.1 Å². The van der Waals surface area contributed by atoms with Crippen LogP contribution in [0.1, 0.15) is 31.4 Å². The number of carboxylic acids is 1. The Kier molecular flexibility index (Phi) is 6.42. The molecule has 0 aliphatic heterocycles. The highest BCUT2D eigenvalue weighted by Gasteiger charge is 2.30. The van der Waals surface area contributed by atoms with E-state index in [4.69, 9.17) is 0 Å². The third kappa shape index (κ3) is 5.32. The highest BCUT2D eigenvalue weighted by Crippen LogP contribution is 2.31. The minimum absolute atomic E-state index is 0.273. The van der Waals surface area contributed by atoms with E-state index in [1.165, 1.54) is 12.1 Å². The normalized spacial score (nSPS) is 13.2. The van der Waals surface area contributed by atoms with Crippen LogP contribution in [0, 0.1) is 11.8 Å². The molecule has 2 aromatic rings. The Bertz CT molecular complexity index is 724. The molecule has 1 heterocycles. The van der Waals surface area contributed by atoms with E-state index in [0.29, 0.717) is 30.8 Å². The predicted octanol–water partition coefficient (Wildman–Crippen LogP) is 3.93. The fourth-order valence-corrected chi connectivity index (χ4v) is 2.74. The number of hydrogen-bond donors (Lipinski definition) is 3. The number of H-pyrrole nitrogens is 1. The van der Waals surface area contributed by atoms with Crippen LogP contribution in [-0.2, 0) is 17.5 Å². The summed E-state index contributed by atoms with van der Waals surface area (Å²) < 4.78 is 38.0. The van der Waals surface area contributed by atoms with Gasteiger partial charge in [-0.1, -0.05) is 26.0 Å². The molecule has 2 rings (SSSR count). The van der Waals surface area contributed by atoms with E-state index in [2.05, 4.69) is 15.5 Å². The summed E-state index contributed by atoms with van der Waals surface area (Å²) in [7, 11) is 0. The van der Waals surface area contributed by atoms with E-state index in [9.17, 15) is 23.1 Å². The molecule has 0 amide bonds. The summed E-state index contributed by atoms with van der Waals surface area (Å²) in [6.45, 7) is 4.61. The number of alkyl halides is 3. The van der Waals surface area contributed by atoms with Crippen LogP contribution in [0.15, 0.2) is 30.5 Å². The molecule has 0 aliphatic carbocycles. The van der Waals surface area contributed by atoms with Gasteiger partial charge in [0.2, 0.25) is 0 Å². The Morgan fingerprint density at radius 1 is 1.27 bits per heavy atom. The Labute approximate surface area is 149 Å². The van der Waals surface area contributed by atoms with Gasteiger partial charge in [-0.3, -0.25) is 9.89 Å². The number of aromatic amines is 1. The molecule has 1 atom stereocenters. The number of nitrogens with zero attached hydrogens (tertiary/aromatic N) is 1. The van der Waals surface area contributed by atoms with Crippen LogP contribution in [0.25, 0.3) is 11.3 Å². The smallest absolute Gasteiger partial charge is 0.416 e. The average Bonchev–Trinajstić information content (AvgIpc) is 3.01. The van der Waals surface area contributed by atoms with Crippen LogP contribution in [0.3, 0.4) is 0 Å². The molecule has 142 valence electrons. The first kappa shape index (κ1) is 20.0. The SMILES string of the molecule is CC(C)CC(CNCc1cn[nH]c1-c1ccc(C(F)(F)F)cc1)C(=O)O. The molecular weight excluding hydrogens is 347 g/mol. The zero-order valence-electron chi connectivity index (χ0n) is 14.6. The number of carbonyl (C=O) groups is 1. The van der Waals surface area contributed by atoms with Crippen LogP contribution >= 0.6 is 0 Å². The number of nitrogens with one attached hydrogen (secondary N) is 2. The van der Waals surface area contributed by atoms with E-state index in [0.717, 1.165) is 17.7 Å². The van der Waals surface area contributed by atoms with Gasteiger partial charge in [0.25, 0.3) is 0 Å². The van der Waals surface area contributed by atoms with Gasteiger partial charge in [0, 0.05) is 18.7 Å². The summed E-state index contributed by atoms with van der Waals surface area (Å²) in [5, 5.41) is 19.1. The molecule has 8 heteroatoms. The molecule has 26 heavy (non-hydrogen) atoms. The number of hydrogen-bond acceptors (Lipinski definition) is 3. The summed E-state index contributed by atoms with van der Waals surface area (Å²) in [4.78, 5) is 11.3. The number of aromatic nitrogens is 2. The maximum atomic E-state index is 12.7. The Balaban J connectivity index is 2.03. The third-order valence-corrected chi connectivity index (χ3v) is 4.03. The van der Waals surface area contributed by atoms with Crippen molar-refractivity contribution in [1.29, 1.82) is 0 Å². The van der Waals surface area contributed by atoms with E-state index in [-0.39, 0.29) is 5.92 Å². The highest BCUT2D eigenvalue weighted by molar-refractivity contribution is 5.70. The molecule has 0 fully saturated rings. The maximum absolute atomic E-state index is 12.7. The largest absolute Gasteiger partial charge is 0.481 e. The maximum Gasteiger partial charge on any atom is 0.416 e. The molecule has 3 N–H and O–H groups in total. The van der Waals surface area contributed by atoms with E-state index in [1.807, 2.05) is 13.8 Å². The van der Waals surface area contributed by atoms with Crippen LogP contribution in [-0.4, -0.2) is 27.8 Å². The van der Waals surface area contributed by atoms with E-state index in [1.54, 1.807) is 6.20 Å². The molecule has 5 nitrogen and oxygen atoms in total. The fraction of sp³-hybridized carbons (Fsp3) is 0.444. The molecule has 0 saturated heterocycles. The lowest BCUT2D eigenvalue weighted by Gasteiger charge is -2.15. The van der Waals surface area contributed by atoms with Gasteiger partial charge in [-0.05, 0) is 30.0 Å². The molecular formula is C18H22F3N3O2. The molecule has 0 saturated carbocycles. The molecule has 1 aromatic heterocycles. The molecule has 1 aromatic carbocycles. The van der Waals surface area contributed by atoms with Gasteiger partial charge in [-0.15, -0.1) is 0 Å². The summed E-state index contributed by atoms with van der Waals surface area (Å²) in [5.74, 6) is -1.06. The van der Waals surface area contributed by atoms with Crippen molar-refractivity contribution in [1.82, 2.24) is 15.5 Å². The number of rotatable bonds is 8. The van der Waals surface area contributed by atoms with Gasteiger partial charge < -0.3 is 10.4 Å². The molecule has 0 radical (unpaired) electrons. The third-order valence-electron chi connectivity index (χ3n) is 4.03. The topological polar surface area (TPSA) is 78.0 Å². The van der Waals surface area contributed by atoms with Crippen LogP contribution in [0.5, 0.6) is 0 Å². The number of aliphatic carboxylic acids is 1. The van der Waals surface area contributed by atoms with Crippen molar-refractivity contribution in [2.24, 2.45) is 11.8 Å². The van der Waals surface area contributed by atoms with Gasteiger partial charge in [0.05, 0.1) is 23.4 Å². The van der Waals surface area contributed by atoms with Gasteiger partial charge in [-0.25, -0.2) is 0 Å². The first-order valence-corrected chi connectivity index (χ1v) is 8.32. The summed E-state index contributed by atoms with van der Waals surface area (Å²) >= 11 is 0. The van der Waals surface area contributed by atoms with Crippen molar-refractivity contribution >= 4 is 5.97 Å². The number of carboxylic acid groups (broad SMARTS) is 1. The zero-order valence-corrected chi connectivity index (χ0v) is 14.6. The monoisotopic (exact) mass is 369 g/mol. The minimum atomic E-state index is -4.38. The van der Waals surface area contributed by atoms with Crippen molar-refractivity contribution in [3.05, 3.63) is 41.6 Å². The van der Waals surface area contributed by atoms with E-state index < -0.39 is 23.6 Å².